The van der Waals surface area contributed by atoms with E-state index < -0.39 is 0 Å². The molecule has 1 unspecified atom stereocenters. The lowest BCUT2D eigenvalue weighted by atomic mass is 9.80. The molecule has 0 saturated heterocycles. The minimum absolute atomic E-state index is 0.102. The first-order valence-electron chi connectivity index (χ1n) is 7.86. The van der Waals surface area contributed by atoms with Crippen molar-refractivity contribution in [1.29, 1.82) is 0 Å². The highest BCUT2D eigenvalue weighted by Gasteiger charge is 2.30. The average Bonchev–Trinajstić information content (AvgIpc) is 2.87. The highest BCUT2D eigenvalue weighted by molar-refractivity contribution is 5.82. The molecule has 1 fully saturated rings. The van der Waals surface area contributed by atoms with Crippen LogP contribution in [0.2, 0.25) is 0 Å². The van der Waals surface area contributed by atoms with Gasteiger partial charge in [-0.05, 0) is 44.4 Å². The molecule has 1 atom stereocenters. The van der Waals surface area contributed by atoms with Crippen LogP contribution in [0.4, 0.5) is 0 Å². The minimum atomic E-state index is -0.261. The molecule has 0 spiro atoms. The van der Waals surface area contributed by atoms with Crippen LogP contribution in [-0.2, 0) is 4.79 Å². The number of carbonyl (C=O) groups excluding carboxylic acids is 1. The van der Waals surface area contributed by atoms with E-state index in [4.69, 9.17) is 4.52 Å². The summed E-state index contributed by atoms with van der Waals surface area (Å²) in [4.78, 5) is 16.3. The van der Waals surface area contributed by atoms with Crippen molar-refractivity contribution in [3.8, 4) is 0 Å². The van der Waals surface area contributed by atoms with Crippen molar-refractivity contribution in [1.82, 2.24) is 10.1 Å². The maximum absolute atomic E-state index is 11.7. The molecule has 4 heteroatoms. The van der Waals surface area contributed by atoms with Crippen molar-refractivity contribution in [3.05, 3.63) is 11.7 Å². The third-order valence-electron chi connectivity index (χ3n) is 4.62. The van der Waals surface area contributed by atoms with Crippen LogP contribution in [0, 0.1) is 11.8 Å². The van der Waals surface area contributed by atoms with E-state index in [1.165, 1.54) is 19.3 Å². The fraction of sp³-hybridized carbons (Fsp3) is 0.812. The van der Waals surface area contributed by atoms with Gasteiger partial charge in [-0.15, -0.1) is 0 Å². The molecule has 4 nitrogen and oxygen atoms in total. The number of carbonyl (C=O) groups is 1. The second-order valence-corrected chi connectivity index (χ2v) is 6.45. The Kier molecular flexibility index (Phi) is 4.95. The molecule has 0 N–H and O–H groups in total. The Balaban J connectivity index is 2.07. The first-order valence-corrected chi connectivity index (χ1v) is 7.86. The van der Waals surface area contributed by atoms with Gasteiger partial charge in [0.15, 0.2) is 5.82 Å². The number of rotatable bonds is 5. The average molecular weight is 278 g/mol. The molecule has 1 aliphatic rings. The van der Waals surface area contributed by atoms with E-state index in [0.717, 1.165) is 24.6 Å². The van der Waals surface area contributed by atoms with Crippen LogP contribution in [0.1, 0.15) is 83.3 Å². The first-order chi connectivity index (χ1) is 9.52. The summed E-state index contributed by atoms with van der Waals surface area (Å²) in [6.45, 7) is 7.89. The second-order valence-electron chi connectivity index (χ2n) is 6.45. The summed E-state index contributed by atoms with van der Waals surface area (Å²) in [5.74, 6) is 2.61. The SMILES string of the molecule is CCC1CCC(c2noc(C(C(C)=O)C(C)C)n2)CC1. The van der Waals surface area contributed by atoms with Crippen LogP contribution in [0.15, 0.2) is 4.52 Å². The molecule has 0 aliphatic heterocycles. The first kappa shape index (κ1) is 15.2. The number of ketones is 1. The maximum atomic E-state index is 11.7. The Morgan fingerprint density at radius 2 is 1.95 bits per heavy atom. The molecule has 0 amide bonds. The van der Waals surface area contributed by atoms with Crippen molar-refractivity contribution in [3.63, 3.8) is 0 Å². The van der Waals surface area contributed by atoms with Gasteiger partial charge in [0.2, 0.25) is 5.89 Å². The van der Waals surface area contributed by atoms with Gasteiger partial charge in [0, 0.05) is 5.92 Å². The van der Waals surface area contributed by atoms with Gasteiger partial charge in [-0.3, -0.25) is 4.79 Å². The molecule has 1 saturated carbocycles. The largest absolute Gasteiger partial charge is 0.339 e. The summed E-state index contributed by atoms with van der Waals surface area (Å²) >= 11 is 0. The number of hydrogen-bond acceptors (Lipinski definition) is 4. The molecule has 2 rings (SSSR count). The van der Waals surface area contributed by atoms with E-state index in [0.29, 0.717) is 11.8 Å². The van der Waals surface area contributed by atoms with E-state index in [1.807, 2.05) is 13.8 Å². The van der Waals surface area contributed by atoms with Crippen LogP contribution < -0.4 is 0 Å². The normalized spacial score (nSPS) is 24.9. The van der Waals surface area contributed by atoms with Crippen LogP contribution in [0.3, 0.4) is 0 Å². The topological polar surface area (TPSA) is 56.0 Å². The highest BCUT2D eigenvalue weighted by Crippen LogP contribution is 2.36. The van der Waals surface area contributed by atoms with Crippen molar-refractivity contribution in [2.24, 2.45) is 11.8 Å². The number of aromatic nitrogens is 2. The molecule has 112 valence electrons. The Morgan fingerprint density at radius 3 is 2.45 bits per heavy atom. The molecule has 0 bridgehead atoms. The molecule has 1 aromatic heterocycles. The van der Waals surface area contributed by atoms with Crippen molar-refractivity contribution < 1.29 is 9.32 Å². The van der Waals surface area contributed by atoms with Gasteiger partial charge in [-0.2, -0.15) is 4.98 Å². The van der Waals surface area contributed by atoms with Gasteiger partial charge in [0.05, 0.1) is 5.92 Å². The van der Waals surface area contributed by atoms with Crippen molar-refractivity contribution in [2.75, 3.05) is 0 Å². The molecule has 1 heterocycles. The summed E-state index contributed by atoms with van der Waals surface area (Å²) in [6, 6.07) is 0. The minimum Gasteiger partial charge on any atom is -0.339 e. The number of nitrogens with zero attached hydrogens (tertiary/aromatic N) is 2. The van der Waals surface area contributed by atoms with E-state index >= 15 is 0 Å². The maximum Gasteiger partial charge on any atom is 0.237 e. The van der Waals surface area contributed by atoms with Gasteiger partial charge in [-0.25, -0.2) is 0 Å². The van der Waals surface area contributed by atoms with Crippen LogP contribution in [0.5, 0.6) is 0 Å². The van der Waals surface area contributed by atoms with Gasteiger partial charge in [-0.1, -0.05) is 32.3 Å². The Bertz CT molecular complexity index is 445. The highest BCUT2D eigenvalue weighted by atomic mass is 16.5. The van der Waals surface area contributed by atoms with E-state index in [-0.39, 0.29) is 17.6 Å². The summed E-state index contributed by atoms with van der Waals surface area (Å²) in [5.41, 5.74) is 0. The zero-order chi connectivity index (χ0) is 14.7. The molecule has 0 aromatic carbocycles. The monoisotopic (exact) mass is 278 g/mol. The smallest absolute Gasteiger partial charge is 0.237 e. The number of hydrogen-bond donors (Lipinski definition) is 0. The lowest BCUT2D eigenvalue weighted by molar-refractivity contribution is -0.119. The quantitative estimate of drug-likeness (QED) is 0.814. The fourth-order valence-corrected chi connectivity index (χ4v) is 3.30. The van der Waals surface area contributed by atoms with Gasteiger partial charge < -0.3 is 4.52 Å². The lowest BCUT2D eigenvalue weighted by Gasteiger charge is -2.25. The summed E-state index contributed by atoms with van der Waals surface area (Å²) in [6.07, 6.45) is 6.06. The summed E-state index contributed by atoms with van der Waals surface area (Å²) in [5, 5.41) is 4.14. The van der Waals surface area contributed by atoms with Gasteiger partial charge >= 0.3 is 0 Å². The summed E-state index contributed by atoms with van der Waals surface area (Å²) < 4.78 is 5.37. The van der Waals surface area contributed by atoms with Crippen molar-refractivity contribution >= 4 is 5.78 Å². The fourth-order valence-electron chi connectivity index (χ4n) is 3.30. The van der Waals surface area contributed by atoms with Crippen LogP contribution >= 0.6 is 0 Å². The predicted octanol–water partition coefficient (Wildman–Crippen LogP) is 4.08. The molecular formula is C16H26N2O2. The van der Waals surface area contributed by atoms with Crippen molar-refractivity contribution in [2.45, 2.75) is 71.6 Å². The predicted molar refractivity (Wildman–Crippen MR) is 77.5 cm³/mol. The summed E-state index contributed by atoms with van der Waals surface area (Å²) in [7, 11) is 0. The third-order valence-corrected chi connectivity index (χ3v) is 4.62. The van der Waals surface area contributed by atoms with E-state index in [2.05, 4.69) is 17.1 Å². The Morgan fingerprint density at radius 1 is 1.30 bits per heavy atom. The zero-order valence-electron chi connectivity index (χ0n) is 13.1. The lowest BCUT2D eigenvalue weighted by Crippen LogP contribution is -2.16. The molecular weight excluding hydrogens is 252 g/mol. The Labute approximate surface area is 121 Å². The van der Waals surface area contributed by atoms with Crippen LogP contribution in [0.25, 0.3) is 0 Å². The Hall–Kier alpha value is -1.19. The van der Waals surface area contributed by atoms with Crippen LogP contribution in [-0.4, -0.2) is 15.9 Å². The molecule has 1 aromatic rings. The van der Waals surface area contributed by atoms with E-state index in [1.54, 1.807) is 6.92 Å². The third kappa shape index (κ3) is 3.28. The second kappa shape index (κ2) is 6.51. The van der Waals surface area contributed by atoms with Gasteiger partial charge in [0.1, 0.15) is 5.78 Å². The number of Topliss-reactive ketones (excluding diaryl/α,β-unsaturated/α-hetero) is 1. The zero-order valence-corrected chi connectivity index (χ0v) is 13.1. The standard InChI is InChI=1S/C16H26N2O2/c1-5-12-6-8-13(9-7-12)15-17-16(20-18-15)14(10(2)3)11(4)19/h10,12-14H,5-9H2,1-4H3. The van der Waals surface area contributed by atoms with Gasteiger partial charge in [0.25, 0.3) is 0 Å². The molecule has 1 aliphatic carbocycles. The molecule has 20 heavy (non-hydrogen) atoms. The molecule has 0 radical (unpaired) electrons. The van der Waals surface area contributed by atoms with E-state index in [9.17, 15) is 4.79 Å².